The zero-order chi connectivity index (χ0) is 15.8. The Kier molecular flexibility index (Phi) is 4.36. The van der Waals surface area contributed by atoms with E-state index >= 15 is 0 Å². The van der Waals surface area contributed by atoms with E-state index in [1.807, 2.05) is 19.1 Å². The SMILES string of the molecule is Cc1ccc(C)c(S(=O)(=O)NC2CCCC(C)(C)C2)c1N. The molecule has 0 radical (unpaired) electrons. The Hall–Kier alpha value is -1.07. The molecule has 2 rings (SSSR count). The van der Waals surface area contributed by atoms with Gasteiger partial charge in [0.1, 0.15) is 4.90 Å². The molecule has 0 aliphatic heterocycles. The summed E-state index contributed by atoms with van der Waals surface area (Å²) in [7, 11) is -3.57. The van der Waals surface area contributed by atoms with Crippen molar-refractivity contribution in [1.29, 1.82) is 0 Å². The summed E-state index contributed by atoms with van der Waals surface area (Å²) in [6.07, 6.45) is 3.98. The van der Waals surface area contributed by atoms with Gasteiger partial charge in [-0.15, -0.1) is 0 Å². The molecule has 1 aromatic rings. The second-order valence-corrected chi connectivity index (χ2v) is 8.67. The van der Waals surface area contributed by atoms with Crippen molar-refractivity contribution in [2.45, 2.75) is 64.3 Å². The lowest BCUT2D eigenvalue weighted by Gasteiger charge is -2.35. The number of aryl methyl sites for hydroxylation is 2. The van der Waals surface area contributed by atoms with Crippen LogP contribution in [-0.4, -0.2) is 14.5 Å². The number of hydrogen-bond donors (Lipinski definition) is 2. The Bertz CT molecular complexity index is 636. The molecule has 0 heterocycles. The van der Waals surface area contributed by atoms with Gasteiger partial charge in [-0.3, -0.25) is 0 Å². The highest BCUT2D eigenvalue weighted by Gasteiger charge is 2.32. The standard InChI is InChI=1S/C16H26N2O2S/c1-11-7-8-12(2)15(14(11)17)21(19,20)18-13-6-5-9-16(3,4)10-13/h7-8,13,18H,5-6,9-10,17H2,1-4H3. The monoisotopic (exact) mass is 310 g/mol. The number of nitrogen functional groups attached to an aromatic ring is 1. The first-order chi connectivity index (χ1) is 9.62. The van der Waals surface area contributed by atoms with Gasteiger partial charge in [-0.2, -0.15) is 0 Å². The molecule has 118 valence electrons. The molecule has 1 unspecified atom stereocenters. The minimum atomic E-state index is -3.57. The van der Waals surface area contributed by atoms with Crippen LogP contribution in [0.1, 0.15) is 50.7 Å². The molecule has 0 spiro atoms. The zero-order valence-electron chi connectivity index (χ0n) is 13.4. The van der Waals surface area contributed by atoms with Gasteiger partial charge < -0.3 is 5.73 Å². The molecule has 1 saturated carbocycles. The highest BCUT2D eigenvalue weighted by Crippen LogP contribution is 2.36. The summed E-state index contributed by atoms with van der Waals surface area (Å²) < 4.78 is 28.3. The lowest BCUT2D eigenvalue weighted by molar-refractivity contribution is 0.212. The van der Waals surface area contributed by atoms with Crippen molar-refractivity contribution >= 4 is 15.7 Å². The fraction of sp³-hybridized carbons (Fsp3) is 0.625. The van der Waals surface area contributed by atoms with Crippen molar-refractivity contribution < 1.29 is 8.42 Å². The summed E-state index contributed by atoms with van der Waals surface area (Å²) >= 11 is 0. The second-order valence-electron chi connectivity index (χ2n) is 7.02. The van der Waals surface area contributed by atoms with Gasteiger partial charge in [-0.25, -0.2) is 13.1 Å². The first kappa shape index (κ1) is 16.3. The number of sulfonamides is 1. The first-order valence-electron chi connectivity index (χ1n) is 7.50. The highest BCUT2D eigenvalue weighted by molar-refractivity contribution is 7.89. The van der Waals surface area contributed by atoms with Crippen LogP contribution in [-0.2, 0) is 10.0 Å². The third-order valence-electron chi connectivity index (χ3n) is 4.41. The molecule has 0 aromatic heterocycles. The molecule has 1 aliphatic carbocycles. The van der Waals surface area contributed by atoms with Crippen LogP contribution in [0.2, 0.25) is 0 Å². The lowest BCUT2D eigenvalue weighted by Crippen LogP contribution is -2.41. The highest BCUT2D eigenvalue weighted by atomic mass is 32.2. The van der Waals surface area contributed by atoms with E-state index in [1.165, 1.54) is 0 Å². The summed E-state index contributed by atoms with van der Waals surface area (Å²) in [6.45, 7) is 8.01. The Morgan fingerprint density at radius 2 is 1.86 bits per heavy atom. The van der Waals surface area contributed by atoms with Gasteiger partial charge >= 0.3 is 0 Å². The molecule has 1 aliphatic rings. The molecule has 21 heavy (non-hydrogen) atoms. The van der Waals surface area contributed by atoms with Gasteiger partial charge in [0.05, 0.1) is 5.69 Å². The quantitative estimate of drug-likeness (QED) is 0.842. The van der Waals surface area contributed by atoms with Crippen LogP contribution < -0.4 is 10.5 Å². The van der Waals surface area contributed by atoms with E-state index in [4.69, 9.17) is 5.73 Å². The predicted octanol–water partition coefficient (Wildman–Crippen LogP) is 3.13. The molecular formula is C16H26N2O2S. The third-order valence-corrected chi connectivity index (χ3v) is 6.13. The molecule has 3 N–H and O–H groups in total. The van der Waals surface area contributed by atoms with Crippen molar-refractivity contribution in [2.75, 3.05) is 5.73 Å². The van der Waals surface area contributed by atoms with E-state index in [2.05, 4.69) is 18.6 Å². The van der Waals surface area contributed by atoms with Crippen LogP contribution in [0.15, 0.2) is 17.0 Å². The van der Waals surface area contributed by atoms with Gasteiger partial charge in [0, 0.05) is 6.04 Å². The summed E-state index contributed by atoms with van der Waals surface area (Å²) in [6, 6.07) is 3.66. The molecule has 5 heteroatoms. The normalized spacial score (nSPS) is 22.2. The topological polar surface area (TPSA) is 72.2 Å². The molecule has 0 amide bonds. The van der Waals surface area contributed by atoms with Crippen LogP contribution in [0.25, 0.3) is 0 Å². The predicted molar refractivity (Wildman–Crippen MR) is 86.7 cm³/mol. The molecule has 0 bridgehead atoms. The van der Waals surface area contributed by atoms with Crippen LogP contribution in [0.4, 0.5) is 5.69 Å². The smallest absolute Gasteiger partial charge is 0.243 e. The van der Waals surface area contributed by atoms with Crippen molar-refractivity contribution in [3.63, 3.8) is 0 Å². The van der Waals surface area contributed by atoms with Crippen LogP contribution in [0, 0.1) is 19.3 Å². The van der Waals surface area contributed by atoms with Gasteiger partial charge in [0.15, 0.2) is 0 Å². The summed E-state index contributed by atoms with van der Waals surface area (Å²) in [5, 5.41) is 0. The summed E-state index contributed by atoms with van der Waals surface area (Å²) in [4.78, 5) is 0.242. The Morgan fingerprint density at radius 3 is 2.48 bits per heavy atom. The average molecular weight is 310 g/mol. The number of nitrogens with one attached hydrogen (secondary N) is 1. The van der Waals surface area contributed by atoms with Crippen molar-refractivity contribution in [3.05, 3.63) is 23.3 Å². The molecule has 1 aromatic carbocycles. The van der Waals surface area contributed by atoms with E-state index in [0.29, 0.717) is 11.3 Å². The van der Waals surface area contributed by atoms with E-state index < -0.39 is 10.0 Å². The Morgan fingerprint density at radius 1 is 1.24 bits per heavy atom. The number of rotatable bonds is 3. The van der Waals surface area contributed by atoms with Gasteiger partial charge in [-0.05, 0) is 49.7 Å². The fourth-order valence-corrected chi connectivity index (χ4v) is 4.94. The van der Waals surface area contributed by atoms with Crippen molar-refractivity contribution in [3.8, 4) is 0 Å². The number of benzene rings is 1. The average Bonchev–Trinajstić information content (AvgIpc) is 2.32. The Balaban J connectivity index is 2.29. The molecule has 1 atom stereocenters. The molecule has 1 fully saturated rings. The fourth-order valence-electron chi connectivity index (χ4n) is 3.24. The van der Waals surface area contributed by atoms with E-state index in [-0.39, 0.29) is 16.4 Å². The van der Waals surface area contributed by atoms with Crippen LogP contribution >= 0.6 is 0 Å². The third kappa shape index (κ3) is 3.58. The van der Waals surface area contributed by atoms with Gasteiger partial charge in [-0.1, -0.05) is 32.4 Å². The minimum absolute atomic E-state index is 0.00179. The zero-order valence-corrected chi connectivity index (χ0v) is 14.2. The first-order valence-corrected chi connectivity index (χ1v) is 8.99. The molecular weight excluding hydrogens is 284 g/mol. The number of nitrogens with two attached hydrogens (primary N) is 1. The summed E-state index contributed by atoms with van der Waals surface area (Å²) in [5.41, 5.74) is 8.05. The molecule has 4 nitrogen and oxygen atoms in total. The van der Waals surface area contributed by atoms with Crippen LogP contribution in [0.5, 0.6) is 0 Å². The maximum Gasteiger partial charge on any atom is 0.243 e. The van der Waals surface area contributed by atoms with Crippen molar-refractivity contribution in [1.82, 2.24) is 4.72 Å². The largest absolute Gasteiger partial charge is 0.397 e. The number of hydrogen-bond acceptors (Lipinski definition) is 3. The van der Waals surface area contributed by atoms with Gasteiger partial charge in [0.2, 0.25) is 10.0 Å². The van der Waals surface area contributed by atoms with E-state index in [9.17, 15) is 8.42 Å². The minimum Gasteiger partial charge on any atom is -0.397 e. The number of anilines is 1. The maximum atomic E-state index is 12.7. The Labute approximate surface area is 128 Å². The van der Waals surface area contributed by atoms with Crippen molar-refractivity contribution in [2.24, 2.45) is 5.41 Å². The summed E-state index contributed by atoms with van der Waals surface area (Å²) in [5.74, 6) is 0. The van der Waals surface area contributed by atoms with Crippen LogP contribution in [0.3, 0.4) is 0 Å². The second kappa shape index (κ2) is 5.61. The van der Waals surface area contributed by atoms with E-state index in [1.54, 1.807) is 6.92 Å². The van der Waals surface area contributed by atoms with E-state index in [0.717, 1.165) is 31.2 Å². The van der Waals surface area contributed by atoms with Gasteiger partial charge in [0.25, 0.3) is 0 Å². The maximum absolute atomic E-state index is 12.7. The molecule has 0 saturated heterocycles. The lowest BCUT2D eigenvalue weighted by atomic mass is 9.75.